The van der Waals surface area contributed by atoms with Gasteiger partial charge in [0, 0.05) is 18.8 Å². The number of hydrogen-bond donors (Lipinski definition) is 0. The zero-order valence-corrected chi connectivity index (χ0v) is 19.2. The number of anilines is 1. The molecule has 0 bridgehead atoms. The van der Waals surface area contributed by atoms with Gasteiger partial charge in [0.25, 0.3) is 5.91 Å². The summed E-state index contributed by atoms with van der Waals surface area (Å²) in [6.45, 7) is 5.43. The number of fused-ring (bicyclic) bond motifs is 1. The number of aromatic nitrogens is 3. The highest BCUT2D eigenvalue weighted by Gasteiger charge is 2.26. The molecule has 3 aromatic rings. The van der Waals surface area contributed by atoms with Crippen molar-refractivity contribution in [2.75, 3.05) is 46.3 Å². The molecule has 2 heterocycles. The Balaban J connectivity index is 2.05. The van der Waals surface area contributed by atoms with E-state index in [9.17, 15) is 4.79 Å². The van der Waals surface area contributed by atoms with Crippen LogP contribution in [0.2, 0.25) is 0 Å². The number of amides is 1. The van der Waals surface area contributed by atoms with Crippen LogP contribution in [-0.4, -0.2) is 67.0 Å². The highest BCUT2D eigenvalue weighted by atomic mass is 32.1. The van der Waals surface area contributed by atoms with Gasteiger partial charge in [0.2, 0.25) is 0 Å². The van der Waals surface area contributed by atoms with E-state index in [1.54, 1.807) is 36.1 Å². The van der Waals surface area contributed by atoms with E-state index in [0.717, 1.165) is 17.7 Å². The maximum Gasteiger partial charge on any atom is 0.278 e. The molecule has 8 nitrogen and oxygen atoms in total. The fraction of sp³-hybridized carbons (Fsp3) is 0.476. The fourth-order valence-electron chi connectivity index (χ4n) is 3.25. The van der Waals surface area contributed by atoms with Gasteiger partial charge in [0.15, 0.2) is 5.13 Å². The molecule has 0 N–H and O–H groups in total. The van der Waals surface area contributed by atoms with Crippen LogP contribution >= 0.6 is 11.3 Å². The van der Waals surface area contributed by atoms with Crippen molar-refractivity contribution in [1.82, 2.24) is 19.7 Å². The minimum atomic E-state index is -0.114. The summed E-state index contributed by atoms with van der Waals surface area (Å²) in [5.41, 5.74) is 1.24. The van der Waals surface area contributed by atoms with Crippen molar-refractivity contribution in [3.63, 3.8) is 0 Å². The van der Waals surface area contributed by atoms with Gasteiger partial charge >= 0.3 is 0 Å². The number of rotatable bonds is 9. The Hall–Kier alpha value is -2.65. The summed E-state index contributed by atoms with van der Waals surface area (Å²) in [7, 11) is 7.28. The van der Waals surface area contributed by atoms with Crippen molar-refractivity contribution >= 4 is 32.6 Å². The number of methoxy groups -OCH3 is 2. The third kappa shape index (κ3) is 4.41. The third-order valence-corrected chi connectivity index (χ3v) is 5.83. The summed E-state index contributed by atoms with van der Waals surface area (Å²) in [6.07, 6.45) is 2.48. The minimum absolute atomic E-state index is 0.0816. The van der Waals surface area contributed by atoms with Crippen LogP contribution in [-0.2, 0) is 0 Å². The number of carbonyl (C=O) groups excluding carboxylic acids is 1. The van der Waals surface area contributed by atoms with E-state index in [1.807, 2.05) is 40.1 Å². The molecule has 0 radical (unpaired) electrons. The number of thiazole rings is 1. The first-order valence-corrected chi connectivity index (χ1v) is 10.7. The molecule has 30 heavy (non-hydrogen) atoms. The largest absolute Gasteiger partial charge is 0.495 e. The molecule has 162 valence electrons. The van der Waals surface area contributed by atoms with Gasteiger partial charge in [-0.2, -0.15) is 5.10 Å². The summed E-state index contributed by atoms with van der Waals surface area (Å²) >= 11 is 1.43. The first-order valence-electron chi connectivity index (χ1n) is 9.89. The summed E-state index contributed by atoms with van der Waals surface area (Å²) in [5.74, 6) is 1.25. The van der Waals surface area contributed by atoms with Gasteiger partial charge in [-0.25, -0.2) is 4.98 Å². The molecule has 0 atom stereocenters. The van der Waals surface area contributed by atoms with Gasteiger partial charge in [0.05, 0.1) is 14.2 Å². The molecule has 9 heteroatoms. The van der Waals surface area contributed by atoms with Gasteiger partial charge in [-0.1, -0.05) is 11.3 Å². The standard InChI is InChI=1S/C21H29N5O3S/c1-14(2)26-15(10-11-22-26)20(27)25(13-7-12-24(3)4)21-23-18-16(28-5)8-9-17(29-6)19(18)30-21/h8-11,14H,7,12-13H2,1-6H3. The smallest absolute Gasteiger partial charge is 0.278 e. The Morgan fingerprint density at radius 1 is 1.13 bits per heavy atom. The predicted octanol–water partition coefficient (Wildman–Crippen LogP) is 3.69. The van der Waals surface area contributed by atoms with E-state index in [2.05, 4.69) is 10.00 Å². The molecular formula is C21H29N5O3S. The quantitative estimate of drug-likeness (QED) is 0.515. The van der Waals surface area contributed by atoms with E-state index in [0.29, 0.717) is 34.4 Å². The predicted molar refractivity (Wildman–Crippen MR) is 120 cm³/mol. The highest BCUT2D eigenvalue weighted by molar-refractivity contribution is 7.22. The lowest BCUT2D eigenvalue weighted by molar-refractivity contribution is 0.0974. The molecule has 0 fully saturated rings. The van der Waals surface area contributed by atoms with Crippen molar-refractivity contribution in [2.45, 2.75) is 26.3 Å². The fourth-order valence-corrected chi connectivity index (χ4v) is 4.35. The Labute approximate surface area is 181 Å². The van der Waals surface area contributed by atoms with Gasteiger partial charge in [-0.05, 0) is 59.1 Å². The molecule has 0 aliphatic rings. The number of nitrogens with zero attached hydrogens (tertiary/aromatic N) is 5. The first kappa shape index (κ1) is 22.0. The molecule has 1 amide bonds. The first-order chi connectivity index (χ1) is 14.4. The Bertz CT molecular complexity index is 970. The van der Waals surface area contributed by atoms with Crippen LogP contribution in [0.3, 0.4) is 0 Å². The van der Waals surface area contributed by atoms with Crippen molar-refractivity contribution in [3.8, 4) is 11.5 Å². The minimum Gasteiger partial charge on any atom is -0.495 e. The lowest BCUT2D eigenvalue weighted by atomic mass is 10.3. The van der Waals surface area contributed by atoms with Crippen LogP contribution in [0.4, 0.5) is 5.13 Å². The van der Waals surface area contributed by atoms with Crippen LogP contribution in [0.5, 0.6) is 11.5 Å². The zero-order chi connectivity index (χ0) is 21.8. The van der Waals surface area contributed by atoms with E-state index < -0.39 is 0 Å². The van der Waals surface area contributed by atoms with Crippen LogP contribution in [0.15, 0.2) is 24.4 Å². The maximum absolute atomic E-state index is 13.5. The van der Waals surface area contributed by atoms with Crippen LogP contribution in [0, 0.1) is 0 Å². The Morgan fingerprint density at radius 2 is 1.83 bits per heavy atom. The molecule has 0 aliphatic heterocycles. The third-order valence-electron chi connectivity index (χ3n) is 4.74. The summed E-state index contributed by atoms with van der Waals surface area (Å²) < 4.78 is 13.6. The maximum atomic E-state index is 13.5. The molecule has 2 aromatic heterocycles. The van der Waals surface area contributed by atoms with E-state index >= 15 is 0 Å². The van der Waals surface area contributed by atoms with Crippen LogP contribution in [0.25, 0.3) is 10.2 Å². The van der Waals surface area contributed by atoms with Crippen molar-refractivity contribution in [2.24, 2.45) is 0 Å². The summed E-state index contributed by atoms with van der Waals surface area (Å²) in [4.78, 5) is 22.2. The number of hydrogen-bond acceptors (Lipinski definition) is 7. The Morgan fingerprint density at radius 3 is 2.47 bits per heavy atom. The Kier molecular flexibility index (Phi) is 6.94. The van der Waals surface area contributed by atoms with E-state index in [4.69, 9.17) is 14.5 Å². The summed E-state index contributed by atoms with van der Waals surface area (Å²) in [5, 5.41) is 4.94. The molecule has 3 rings (SSSR count). The van der Waals surface area contributed by atoms with Crippen molar-refractivity contribution in [3.05, 3.63) is 30.1 Å². The average molecular weight is 432 g/mol. The van der Waals surface area contributed by atoms with Gasteiger partial charge < -0.3 is 14.4 Å². The number of ether oxygens (including phenoxy) is 2. The highest BCUT2D eigenvalue weighted by Crippen LogP contribution is 2.40. The molecule has 0 unspecified atom stereocenters. The molecule has 0 saturated heterocycles. The molecular weight excluding hydrogens is 402 g/mol. The number of carbonyl (C=O) groups is 1. The molecule has 0 aliphatic carbocycles. The molecule has 0 saturated carbocycles. The molecule has 0 spiro atoms. The normalized spacial score (nSPS) is 11.5. The van der Waals surface area contributed by atoms with E-state index in [-0.39, 0.29) is 11.9 Å². The van der Waals surface area contributed by atoms with Gasteiger partial charge in [0.1, 0.15) is 27.4 Å². The lowest BCUT2D eigenvalue weighted by Crippen LogP contribution is -2.35. The second-order valence-corrected chi connectivity index (χ2v) is 8.49. The lowest BCUT2D eigenvalue weighted by Gasteiger charge is -2.22. The monoisotopic (exact) mass is 431 g/mol. The SMILES string of the molecule is COc1ccc(OC)c2sc(N(CCCN(C)C)C(=O)c3ccnn3C(C)C)nc12. The van der Waals surface area contributed by atoms with Crippen LogP contribution < -0.4 is 14.4 Å². The summed E-state index contributed by atoms with van der Waals surface area (Å²) in [6, 6.07) is 5.53. The second-order valence-electron chi connectivity index (χ2n) is 7.51. The molecule has 1 aromatic carbocycles. The van der Waals surface area contributed by atoms with Crippen molar-refractivity contribution in [1.29, 1.82) is 0 Å². The van der Waals surface area contributed by atoms with Crippen LogP contribution in [0.1, 0.15) is 36.8 Å². The zero-order valence-electron chi connectivity index (χ0n) is 18.4. The van der Waals surface area contributed by atoms with Crippen molar-refractivity contribution < 1.29 is 14.3 Å². The number of benzene rings is 1. The van der Waals surface area contributed by atoms with Gasteiger partial charge in [-0.3, -0.25) is 14.4 Å². The van der Waals surface area contributed by atoms with Gasteiger partial charge in [-0.15, -0.1) is 0 Å². The average Bonchev–Trinajstić information content (AvgIpc) is 3.37. The topological polar surface area (TPSA) is 72.7 Å². The second kappa shape index (κ2) is 9.44. The van der Waals surface area contributed by atoms with E-state index in [1.165, 1.54) is 11.3 Å².